The minimum Gasteiger partial charge on any atom is -0.490 e. The molecule has 2 aromatic heterocycles. The molecule has 0 saturated carbocycles. The van der Waals surface area contributed by atoms with Crippen molar-refractivity contribution in [1.82, 2.24) is 41.5 Å². The number of ether oxygens (including phenoxy) is 3. The van der Waals surface area contributed by atoms with E-state index in [1.807, 2.05) is 109 Å². The third kappa shape index (κ3) is 23.8. The van der Waals surface area contributed by atoms with E-state index >= 15 is 0 Å². The van der Waals surface area contributed by atoms with E-state index in [-0.39, 0.29) is 48.2 Å². The molecule has 6 N–H and O–H groups in total. The lowest BCUT2D eigenvalue weighted by molar-refractivity contribution is -0.138. The number of β-amino-alcohol motifs (C(OH)–C–C–N with tert-alkyl or cyclic N) is 1. The highest BCUT2D eigenvalue weighted by Crippen LogP contribution is 2.28. The van der Waals surface area contributed by atoms with Crippen molar-refractivity contribution in [2.24, 2.45) is 23.7 Å². The SMILES string of the molecule is O=C(NCCCCc1ccccc1)C1CN(C[C@@H](O)COc2cccc3ncccc23)CC[C@H]1C(=O)NCCCCc1ccccc1.O=C(NCCCCc1ccccc1)C1CNCC[C@H]1C(=O)NCCCCc1ccccc1.c1cc(OC[C@H]2CO2)c2cccnc2c1. The van der Waals surface area contributed by atoms with Gasteiger partial charge in [0.1, 0.15) is 36.9 Å². The molecule has 2 unspecified atom stereocenters. The van der Waals surface area contributed by atoms with Crippen LogP contribution in [0, 0.1) is 23.7 Å². The lowest BCUT2D eigenvalue weighted by Crippen LogP contribution is -2.53. The summed E-state index contributed by atoms with van der Waals surface area (Å²) in [5.74, 6) is 0.0262. The first kappa shape index (κ1) is 69.8. The van der Waals surface area contributed by atoms with Gasteiger partial charge in [0.15, 0.2) is 0 Å². The van der Waals surface area contributed by atoms with Crippen LogP contribution in [0.2, 0.25) is 0 Å². The van der Waals surface area contributed by atoms with Gasteiger partial charge in [-0.1, -0.05) is 133 Å². The second kappa shape index (κ2) is 39.2. The Bertz CT molecular complexity index is 3430. The molecule has 496 valence electrons. The molecular formula is C78H96N8O8. The fraction of sp³-hybridized carbons (Fsp3) is 0.410. The standard InChI is InChI=1S/C39H48N4O4.C27H37N3O2.C12H11NO2/c44-32(29-47-37-21-11-20-36-34(37)19-12-25-40-36)27-43-26-22-33(38(45)41-23-9-7-17-30-13-3-1-4-14-30)35(28-43)39(46)42-24-10-8-18-31-15-5-2-6-16-31;31-26(29-18-9-7-15-22-11-3-1-4-12-22)24-17-20-28-21-25(24)27(32)30-19-10-8-16-23-13-5-2-6-14-23;1-4-11-10(3-2-6-13-11)12(5-1)15-8-9-7-14-9/h1-6,11-16,19-21,25,32-33,35,44H,7-10,17-18,22-24,26-29H2,(H,41,45)(H,42,46);1-6,11-14,24-25,28H,7-10,15-21H2,(H,29,31)(H,30,32);1-6,9H,7-8H2/t32-,33-,35?;24-,25?;9-/m111/s1. The number of epoxide rings is 1. The highest BCUT2D eigenvalue weighted by Gasteiger charge is 2.39. The van der Waals surface area contributed by atoms with Crippen LogP contribution in [-0.2, 0) is 49.6 Å². The molecule has 0 radical (unpaired) electrons. The van der Waals surface area contributed by atoms with Crippen molar-refractivity contribution in [2.45, 2.75) is 102 Å². The van der Waals surface area contributed by atoms with Crippen molar-refractivity contribution in [3.05, 3.63) is 217 Å². The number of piperidine rings is 2. The molecule has 3 saturated heterocycles. The molecule has 0 aliphatic carbocycles. The first-order valence-electron chi connectivity index (χ1n) is 34.2. The van der Waals surface area contributed by atoms with E-state index in [9.17, 15) is 24.3 Å². The number of likely N-dealkylation sites (tertiary alicyclic amines) is 1. The van der Waals surface area contributed by atoms with Crippen LogP contribution < -0.4 is 36.1 Å². The number of hydrogen-bond acceptors (Lipinski definition) is 12. The Morgan fingerprint density at radius 3 is 1.35 bits per heavy atom. The van der Waals surface area contributed by atoms with E-state index in [1.165, 1.54) is 22.3 Å². The number of nitrogens with zero attached hydrogens (tertiary/aromatic N) is 3. The number of aliphatic hydroxyl groups excluding tert-OH is 1. The van der Waals surface area contributed by atoms with Gasteiger partial charge >= 0.3 is 0 Å². The maximum Gasteiger partial charge on any atom is 0.225 e. The number of aliphatic hydroxyl groups is 1. The number of pyridine rings is 2. The van der Waals surface area contributed by atoms with E-state index in [4.69, 9.17) is 14.2 Å². The van der Waals surface area contributed by atoms with Crippen LogP contribution in [0.25, 0.3) is 21.8 Å². The molecule has 5 heterocycles. The summed E-state index contributed by atoms with van der Waals surface area (Å²) in [6, 6.07) is 60.9. The van der Waals surface area contributed by atoms with Crippen molar-refractivity contribution < 1.29 is 38.5 Å². The fourth-order valence-corrected chi connectivity index (χ4v) is 12.3. The second-order valence-corrected chi connectivity index (χ2v) is 24.8. The average Bonchev–Trinajstić information content (AvgIpc) is 1.69. The van der Waals surface area contributed by atoms with Crippen LogP contribution in [-0.4, -0.2) is 135 Å². The Morgan fingerprint density at radius 2 is 0.904 bits per heavy atom. The highest BCUT2D eigenvalue weighted by atomic mass is 16.6. The van der Waals surface area contributed by atoms with E-state index in [0.717, 1.165) is 118 Å². The molecule has 3 fully saturated rings. The molecule has 3 aliphatic rings. The van der Waals surface area contributed by atoms with E-state index < -0.39 is 17.9 Å². The number of hydrogen-bond donors (Lipinski definition) is 6. The Balaban J connectivity index is 0.000000189. The van der Waals surface area contributed by atoms with Gasteiger partial charge in [-0.3, -0.25) is 34.0 Å². The topological polar surface area (TPSA) is 209 Å². The maximum atomic E-state index is 13.5. The number of carbonyl (C=O) groups excluding carboxylic acids is 4. The van der Waals surface area contributed by atoms with Gasteiger partial charge in [0.05, 0.1) is 41.3 Å². The van der Waals surface area contributed by atoms with Gasteiger partial charge in [-0.25, -0.2) is 0 Å². The Labute approximate surface area is 555 Å². The number of carbonyl (C=O) groups is 4. The third-order valence-electron chi connectivity index (χ3n) is 17.6. The van der Waals surface area contributed by atoms with Crippen LogP contribution in [0.5, 0.6) is 11.5 Å². The van der Waals surface area contributed by atoms with Gasteiger partial charge in [0.2, 0.25) is 23.6 Å². The Kier molecular flexibility index (Phi) is 29.1. The van der Waals surface area contributed by atoms with E-state index in [1.54, 1.807) is 12.4 Å². The minimum absolute atomic E-state index is 0.00105. The van der Waals surface area contributed by atoms with Crippen molar-refractivity contribution >= 4 is 45.4 Å². The molecule has 3 aliphatic heterocycles. The highest BCUT2D eigenvalue weighted by molar-refractivity contribution is 5.89. The molecule has 4 amide bonds. The van der Waals surface area contributed by atoms with Crippen LogP contribution in [0.15, 0.2) is 194 Å². The van der Waals surface area contributed by atoms with Gasteiger partial charge < -0.3 is 45.9 Å². The Morgan fingerprint density at radius 1 is 0.489 bits per heavy atom. The third-order valence-corrected chi connectivity index (χ3v) is 17.6. The molecule has 16 heteroatoms. The number of rotatable bonds is 32. The second-order valence-electron chi connectivity index (χ2n) is 24.8. The van der Waals surface area contributed by atoms with Crippen molar-refractivity contribution in [3.8, 4) is 11.5 Å². The predicted octanol–water partition coefficient (Wildman–Crippen LogP) is 10.7. The largest absolute Gasteiger partial charge is 0.490 e. The number of fused-ring (bicyclic) bond motifs is 2. The average molecular weight is 1270 g/mol. The predicted molar refractivity (Wildman–Crippen MR) is 372 cm³/mol. The summed E-state index contributed by atoms with van der Waals surface area (Å²) in [5, 5.41) is 28.5. The molecule has 16 nitrogen and oxygen atoms in total. The van der Waals surface area contributed by atoms with Crippen molar-refractivity contribution in [2.75, 3.05) is 78.7 Å². The van der Waals surface area contributed by atoms with E-state index in [2.05, 4.69) is 114 Å². The number of nitrogens with one attached hydrogen (secondary N) is 5. The number of benzene rings is 6. The van der Waals surface area contributed by atoms with E-state index in [0.29, 0.717) is 77.6 Å². The minimum atomic E-state index is -0.751. The molecule has 0 spiro atoms. The smallest absolute Gasteiger partial charge is 0.225 e. The van der Waals surface area contributed by atoms with Crippen molar-refractivity contribution in [3.63, 3.8) is 0 Å². The number of aromatic nitrogens is 2. The maximum absolute atomic E-state index is 13.5. The van der Waals surface area contributed by atoms with Crippen LogP contribution in [0.3, 0.4) is 0 Å². The zero-order valence-corrected chi connectivity index (χ0v) is 54.5. The molecule has 8 aromatic rings. The summed E-state index contributed by atoms with van der Waals surface area (Å²) >= 11 is 0. The summed E-state index contributed by atoms with van der Waals surface area (Å²) in [6.45, 7) is 6.84. The monoisotopic (exact) mass is 1270 g/mol. The Hall–Kier alpha value is -8.54. The van der Waals surface area contributed by atoms with Gasteiger partial charge in [-0.2, -0.15) is 0 Å². The van der Waals surface area contributed by atoms with Crippen molar-refractivity contribution in [1.29, 1.82) is 0 Å². The zero-order chi connectivity index (χ0) is 65.2. The van der Waals surface area contributed by atoms with Gasteiger partial charge in [-0.05, 0) is 174 Å². The first-order chi connectivity index (χ1) is 46.2. The normalized spacial score (nSPS) is 17.8. The number of aryl methyl sites for hydroxylation is 4. The lowest BCUT2D eigenvalue weighted by atomic mass is 9.83. The quantitative estimate of drug-likeness (QED) is 0.0172. The number of amides is 4. The molecule has 6 atom stereocenters. The molecule has 0 bridgehead atoms. The van der Waals surface area contributed by atoms with Gasteiger partial charge in [-0.15, -0.1) is 0 Å². The lowest BCUT2D eigenvalue weighted by Gasteiger charge is -2.37. The zero-order valence-electron chi connectivity index (χ0n) is 54.5. The summed E-state index contributed by atoms with van der Waals surface area (Å²) in [6.07, 6.45) is 16.0. The van der Waals surface area contributed by atoms with Gasteiger partial charge in [0, 0.05) is 69.0 Å². The summed E-state index contributed by atoms with van der Waals surface area (Å²) < 4.78 is 16.8. The van der Waals surface area contributed by atoms with Crippen LogP contribution in [0.4, 0.5) is 0 Å². The summed E-state index contributed by atoms with van der Waals surface area (Å²) in [7, 11) is 0. The van der Waals surface area contributed by atoms with Crippen LogP contribution >= 0.6 is 0 Å². The number of unbranched alkanes of at least 4 members (excludes halogenated alkanes) is 4. The molecule has 94 heavy (non-hydrogen) atoms. The van der Waals surface area contributed by atoms with Crippen LogP contribution in [0.1, 0.15) is 86.5 Å². The van der Waals surface area contributed by atoms with Gasteiger partial charge in [0.25, 0.3) is 0 Å². The molecule has 6 aromatic carbocycles. The molecular weight excluding hydrogens is 1180 g/mol. The first-order valence-corrected chi connectivity index (χ1v) is 34.2. The molecule has 11 rings (SSSR count). The fourth-order valence-electron chi connectivity index (χ4n) is 12.3. The summed E-state index contributed by atoms with van der Waals surface area (Å²) in [4.78, 5) is 63.2. The summed E-state index contributed by atoms with van der Waals surface area (Å²) in [5.41, 5.74) is 7.06.